The molecule has 3 heteroatoms. The van der Waals surface area contributed by atoms with E-state index in [0.29, 0.717) is 0 Å². The van der Waals surface area contributed by atoms with E-state index in [-0.39, 0.29) is 11.7 Å². The molecule has 1 unspecified atom stereocenters. The van der Waals surface area contributed by atoms with E-state index in [2.05, 4.69) is 25.9 Å². The highest BCUT2D eigenvalue weighted by molar-refractivity contribution is 5.63. The molecule has 0 aliphatic carbocycles. The molecule has 1 rings (SSSR count). The molecule has 0 N–H and O–H groups in total. The van der Waals surface area contributed by atoms with Crippen molar-refractivity contribution in [3.05, 3.63) is 0 Å². The normalized spacial score (nSPS) is 25.0. The lowest BCUT2D eigenvalue weighted by atomic mass is 10.00. The van der Waals surface area contributed by atoms with E-state index >= 15 is 0 Å². The van der Waals surface area contributed by atoms with Gasteiger partial charge in [0.2, 0.25) is 6.29 Å². The highest BCUT2D eigenvalue weighted by Gasteiger charge is 2.14. The number of nitrogens with zero attached hydrogens (tertiary/aromatic N) is 1. The van der Waals surface area contributed by atoms with Gasteiger partial charge in [0.05, 0.1) is 6.61 Å². The van der Waals surface area contributed by atoms with Gasteiger partial charge in [-0.2, -0.15) is 0 Å². The van der Waals surface area contributed by atoms with Gasteiger partial charge in [0.25, 0.3) is 0 Å². The predicted molar refractivity (Wildman–Crippen MR) is 52.6 cm³/mol. The van der Waals surface area contributed by atoms with Gasteiger partial charge in [-0.05, 0) is 12.8 Å². The first-order chi connectivity index (χ1) is 6.08. The largest absolute Gasteiger partial charge is 0.364 e. The maximum Gasteiger partial charge on any atom is 0.226 e. The third-order valence-electron chi connectivity index (χ3n) is 1.76. The first kappa shape index (κ1) is 10.5. The van der Waals surface area contributed by atoms with E-state index < -0.39 is 0 Å². The minimum absolute atomic E-state index is 0.0780. The Labute approximate surface area is 80.1 Å². The molecule has 1 fully saturated rings. The molecule has 0 aromatic heterocycles. The summed E-state index contributed by atoms with van der Waals surface area (Å²) in [5, 5.41) is 3.92. The van der Waals surface area contributed by atoms with Crippen LogP contribution in [0, 0.1) is 5.41 Å². The van der Waals surface area contributed by atoms with E-state index in [4.69, 9.17) is 9.57 Å². The third-order valence-corrected chi connectivity index (χ3v) is 1.76. The van der Waals surface area contributed by atoms with Crippen LogP contribution in [0.4, 0.5) is 0 Å². The van der Waals surface area contributed by atoms with Crippen molar-refractivity contribution in [2.75, 3.05) is 6.61 Å². The van der Waals surface area contributed by atoms with E-state index in [9.17, 15) is 0 Å². The van der Waals surface area contributed by atoms with Crippen molar-refractivity contribution >= 4 is 6.21 Å². The van der Waals surface area contributed by atoms with Crippen LogP contribution >= 0.6 is 0 Å². The van der Waals surface area contributed by atoms with Crippen LogP contribution in [0.25, 0.3) is 0 Å². The summed E-state index contributed by atoms with van der Waals surface area (Å²) in [5.74, 6) is 0. The topological polar surface area (TPSA) is 30.8 Å². The van der Waals surface area contributed by atoms with Crippen molar-refractivity contribution in [1.82, 2.24) is 0 Å². The Bertz CT molecular complexity index is 166. The van der Waals surface area contributed by atoms with Crippen molar-refractivity contribution in [3.63, 3.8) is 0 Å². The third kappa shape index (κ3) is 4.88. The van der Waals surface area contributed by atoms with Gasteiger partial charge in [0, 0.05) is 18.1 Å². The molecule has 0 aromatic rings. The molecule has 0 bridgehead atoms. The summed E-state index contributed by atoms with van der Waals surface area (Å²) in [7, 11) is 0. The average molecular weight is 185 g/mol. The van der Waals surface area contributed by atoms with Gasteiger partial charge in [-0.1, -0.05) is 25.9 Å². The molecule has 0 spiro atoms. The van der Waals surface area contributed by atoms with Crippen molar-refractivity contribution < 1.29 is 9.57 Å². The Morgan fingerprint density at radius 3 is 2.69 bits per heavy atom. The fourth-order valence-corrected chi connectivity index (χ4v) is 1.05. The molecular weight excluding hydrogens is 166 g/mol. The second-order valence-corrected chi connectivity index (χ2v) is 4.50. The Balaban J connectivity index is 2.21. The van der Waals surface area contributed by atoms with E-state index in [1.54, 1.807) is 0 Å². The van der Waals surface area contributed by atoms with Crippen LogP contribution in [0.3, 0.4) is 0 Å². The Kier molecular flexibility index (Phi) is 3.72. The standard InChI is InChI=1S/C10H19NO2/c1-10(2,3)8-11-13-9-6-4-5-7-12-9/h8-9H,4-7H2,1-3H3/b11-8+. The molecule has 0 saturated carbocycles. The Morgan fingerprint density at radius 2 is 2.15 bits per heavy atom. The van der Waals surface area contributed by atoms with Crippen molar-refractivity contribution in [2.24, 2.45) is 10.6 Å². The van der Waals surface area contributed by atoms with Gasteiger partial charge in [-0.3, -0.25) is 0 Å². The molecule has 0 amide bonds. The average Bonchev–Trinajstić information content (AvgIpc) is 2.04. The highest BCUT2D eigenvalue weighted by Crippen LogP contribution is 2.14. The van der Waals surface area contributed by atoms with Crippen LogP contribution in [0.5, 0.6) is 0 Å². The predicted octanol–water partition coefficient (Wildman–Crippen LogP) is 2.56. The lowest BCUT2D eigenvalue weighted by Gasteiger charge is -2.20. The Hall–Kier alpha value is -0.570. The van der Waals surface area contributed by atoms with Crippen molar-refractivity contribution in [3.8, 4) is 0 Å². The summed E-state index contributed by atoms with van der Waals surface area (Å²) < 4.78 is 5.36. The minimum Gasteiger partial charge on any atom is -0.364 e. The molecule has 1 saturated heterocycles. The second-order valence-electron chi connectivity index (χ2n) is 4.50. The summed E-state index contributed by atoms with van der Waals surface area (Å²) in [6.45, 7) is 7.06. The number of hydrogen-bond acceptors (Lipinski definition) is 3. The minimum atomic E-state index is -0.118. The molecule has 76 valence electrons. The molecule has 13 heavy (non-hydrogen) atoms. The van der Waals surface area contributed by atoms with Gasteiger partial charge < -0.3 is 9.57 Å². The van der Waals surface area contributed by atoms with Gasteiger partial charge in [0.15, 0.2) is 0 Å². The summed E-state index contributed by atoms with van der Waals surface area (Å²) in [6.07, 6.45) is 4.97. The number of rotatable bonds is 2. The van der Waals surface area contributed by atoms with Gasteiger partial charge in [0.1, 0.15) is 0 Å². The summed E-state index contributed by atoms with van der Waals surface area (Å²) >= 11 is 0. The monoisotopic (exact) mass is 185 g/mol. The van der Waals surface area contributed by atoms with Gasteiger partial charge in [-0.25, -0.2) is 0 Å². The number of ether oxygens (including phenoxy) is 1. The fourth-order valence-electron chi connectivity index (χ4n) is 1.05. The molecule has 0 radical (unpaired) electrons. The number of oxime groups is 1. The van der Waals surface area contributed by atoms with Crippen LogP contribution < -0.4 is 0 Å². The molecule has 1 heterocycles. The van der Waals surface area contributed by atoms with E-state index in [1.165, 1.54) is 6.42 Å². The zero-order valence-corrected chi connectivity index (χ0v) is 8.75. The summed E-state index contributed by atoms with van der Waals surface area (Å²) in [6, 6.07) is 0. The first-order valence-corrected chi connectivity index (χ1v) is 4.90. The van der Waals surface area contributed by atoms with Gasteiger partial charge >= 0.3 is 0 Å². The molecule has 1 atom stereocenters. The lowest BCUT2D eigenvalue weighted by Crippen LogP contribution is -2.20. The fraction of sp³-hybridized carbons (Fsp3) is 0.900. The van der Waals surface area contributed by atoms with Crippen LogP contribution in [-0.2, 0) is 9.57 Å². The van der Waals surface area contributed by atoms with E-state index in [0.717, 1.165) is 19.4 Å². The zero-order chi connectivity index (χ0) is 9.73. The first-order valence-electron chi connectivity index (χ1n) is 4.90. The molecule has 3 nitrogen and oxygen atoms in total. The van der Waals surface area contributed by atoms with Crippen LogP contribution in [-0.4, -0.2) is 19.1 Å². The maximum absolute atomic E-state index is 5.36. The highest BCUT2D eigenvalue weighted by atomic mass is 16.8. The van der Waals surface area contributed by atoms with Crippen LogP contribution in [0.2, 0.25) is 0 Å². The summed E-state index contributed by atoms with van der Waals surface area (Å²) in [5.41, 5.74) is 0.0780. The van der Waals surface area contributed by atoms with E-state index in [1.807, 2.05) is 6.21 Å². The Morgan fingerprint density at radius 1 is 1.38 bits per heavy atom. The lowest BCUT2D eigenvalue weighted by molar-refractivity contribution is -0.162. The van der Waals surface area contributed by atoms with Crippen molar-refractivity contribution in [2.45, 2.75) is 46.3 Å². The molecule has 0 aromatic carbocycles. The molecule has 1 aliphatic rings. The SMILES string of the molecule is CC(C)(C)/C=N/OC1CCCCO1. The quantitative estimate of drug-likeness (QED) is 0.489. The smallest absolute Gasteiger partial charge is 0.226 e. The second kappa shape index (κ2) is 4.61. The van der Waals surface area contributed by atoms with Gasteiger partial charge in [-0.15, -0.1) is 0 Å². The summed E-state index contributed by atoms with van der Waals surface area (Å²) in [4.78, 5) is 5.21. The van der Waals surface area contributed by atoms with Crippen molar-refractivity contribution in [1.29, 1.82) is 0 Å². The van der Waals surface area contributed by atoms with Crippen LogP contribution in [0.15, 0.2) is 5.16 Å². The molecular formula is C10H19NO2. The number of hydrogen-bond donors (Lipinski definition) is 0. The zero-order valence-electron chi connectivity index (χ0n) is 8.75. The molecule has 1 aliphatic heterocycles. The maximum atomic E-state index is 5.36. The van der Waals surface area contributed by atoms with Crippen LogP contribution in [0.1, 0.15) is 40.0 Å².